The zero-order valence-corrected chi connectivity index (χ0v) is 20.4. The fourth-order valence-corrected chi connectivity index (χ4v) is 4.61. The summed E-state index contributed by atoms with van der Waals surface area (Å²) >= 11 is 0. The minimum absolute atomic E-state index is 0.0393. The molecule has 9 nitrogen and oxygen atoms in total. The fraction of sp³-hybridized carbons (Fsp3) is 0.240. The van der Waals surface area contributed by atoms with Crippen LogP contribution >= 0.6 is 0 Å². The maximum atomic E-state index is 13.3. The summed E-state index contributed by atoms with van der Waals surface area (Å²) in [7, 11) is -0.868. The van der Waals surface area contributed by atoms with Gasteiger partial charge in [-0.25, -0.2) is 8.42 Å². The van der Waals surface area contributed by atoms with Crippen molar-refractivity contribution in [3.63, 3.8) is 0 Å². The molecular formula is C25H26N2O7S. The first kappa shape index (κ1) is 24.2. The van der Waals surface area contributed by atoms with Crippen molar-refractivity contribution in [2.75, 3.05) is 31.6 Å². The predicted octanol–water partition coefficient (Wildman–Crippen LogP) is 3.33. The van der Waals surface area contributed by atoms with E-state index in [4.69, 9.17) is 18.9 Å². The van der Waals surface area contributed by atoms with Crippen LogP contribution < -0.4 is 28.6 Å². The minimum Gasteiger partial charge on any atom is -0.493 e. The van der Waals surface area contributed by atoms with Crippen LogP contribution in [0, 0.1) is 0 Å². The van der Waals surface area contributed by atoms with Gasteiger partial charge in [-0.2, -0.15) is 0 Å². The Bertz CT molecular complexity index is 1330. The van der Waals surface area contributed by atoms with E-state index in [0.29, 0.717) is 23.0 Å². The molecule has 3 aromatic rings. The molecule has 184 valence electrons. The van der Waals surface area contributed by atoms with Crippen LogP contribution in [0.4, 0.5) is 5.69 Å². The number of sulfonamides is 1. The molecule has 0 saturated carbocycles. The molecule has 0 saturated heterocycles. The van der Waals surface area contributed by atoms with Crippen molar-refractivity contribution in [2.24, 2.45) is 0 Å². The Morgan fingerprint density at radius 3 is 2.31 bits per heavy atom. The monoisotopic (exact) mass is 498 g/mol. The van der Waals surface area contributed by atoms with E-state index in [2.05, 4.69) is 5.32 Å². The fourth-order valence-electron chi connectivity index (χ4n) is 3.72. The minimum atomic E-state index is -3.76. The van der Waals surface area contributed by atoms with E-state index in [1.807, 2.05) is 36.4 Å². The molecule has 0 radical (unpaired) electrons. The van der Waals surface area contributed by atoms with E-state index in [-0.39, 0.29) is 31.1 Å². The van der Waals surface area contributed by atoms with E-state index >= 15 is 0 Å². The first-order valence-electron chi connectivity index (χ1n) is 10.7. The zero-order valence-electron chi connectivity index (χ0n) is 19.6. The van der Waals surface area contributed by atoms with E-state index in [9.17, 15) is 13.2 Å². The lowest BCUT2D eigenvalue weighted by Crippen LogP contribution is -2.32. The first-order chi connectivity index (χ1) is 16.8. The van der Waals surface area contributed by atoms with E-state index in [1.165, 1.54) is 30.7 Å². The van der Waals surface area contributed by atoms with Gasteiger partial charge in [-0.1, -0.05) is 36.4 Å². The number of amides is 1. The number of carbonyl (C=O) groups is 1. The van der Waals surface area contributed by atoms with Gasteiger partial charge in [0.2, 0.25) is 16.8 Å². The number of ether oxygens (including phenoxy) is 4. The second-order valence-corrected chi connectivity index (χ2v) is 9.76. The van der Waals surface area contributed by atoms with Crippen LogP contribution in [0.5, 0.6) is 23.0 Å². The van der Waals surface area contributed by atoms with Crippen molar-refractivity contribution in [1.82, 2.24) is 5.32 Å². The molecule has 1 amide bonds. The number of methoxy groups -OCH3 is 2. The third kappa shape index (κ3) is 5.43. The van der Waals surface area contributed by atoms with Crippen molar-refractivity contribution in [3.8, 4) is 23.0 Å². The summed E-state index contributed by atoms with van der Waals surface area (Å²) in [6, 6.07) is 17.5. The van der Waals surface area contributed by atoms with Gasteiger partial charge in [-0.3, -0.25) is 9.10 Å². The van der Waals surface area contributed by atoms with Crippen molar-refractivity contribution < 1.29 is 32.2 Å². The molecule has 0 bridgehead atoms. The van der Waals surface area contributed by atoms with Gasteiger partial charge in [-0.05, 0) is 29.3 Å². The summed E-state index contributed by atoms with van der Waals surface area (Å²) in [5.41, 5.74) is 1.87. The molecule has 0 unspecified atom stereocenters. The Morgan fingerprint density at radius 1 is 0.943 bits per heavy atom. The Kier molecular flexibility index (Phi) is 7.02. The number of hydrogen-bond acceptors (Lipinski definition) is 7. The molecule has 3 aromatic carbocycles. The molecular weight excluding hydrogens is 472 g/mol. The molecule has 1 heterocycles. The van der Waals surface area contributed by atoms with Crippen LogP contribution in [0.2, 0.25) is 0 Å². The molecule has 0 spiro atoms. The van der Waals surface area contributed by atoms with Crippen LogP contribution in [0.1, 0.15) is 21.5 Å². The molecule has 0 atom stereocenters. The Morgan fingerprint density at radius 2 is 1.63 bits per heavy atom. The maximum absolute atomic E-state index is 13.3. The third-order valence-electron chi connectivity index (χ3n) is 5.47. The molecule has 1 aliphatic rings. The quantitative estimate of drug-likeness (QED) is 0.483. The lowest BCUT2D eigenvalue weighted by molar-refractivity contribution is 0.0951. The Balaban J connectivity index is 1.69. The third-order valence-corrected chi connectivity index (χ3v) is 6.60. The van der Waals surface area contributed by atoms with Gasteiger partial charge >= 0.3 is 0 Å². The first-order valence-corrected chi connectivity index (χ1v) is 12.6. The number of nitrogens with zero attached hydrogens (tertiary/aromatic N) is 1. The molecule has 0 aliphatic carbocycles. The smallest absolute Gasteiger partial charge is 0.253 e. The van der Waals surface area contributed by atoms with Crippen LogP contribution in [-0.4, -0.2) is 41.6 Å². The summed E-state index contributed by atoms with van der Waals surface area (Å²) in [4.78, 5) is 13.3. The van der Waals surface area contributed by atoms with Crippen molar-refractivity contribution in [3.05, 3.63) is 77.4 Å². The van der Waals surface area contributed by atoms with E-state index in [0.717, 1.165) is 17.4 Å². The topological polar surface area (TPSA) is 103 Å². The predicted molar refractivity (Wildman–Crippen MR) is 131 cm³/mol. The number of hydrogen-bond donors (Lipinski definition) is 1. The summed E-state index contributed by atoms with van der Waals surface area (Å²) < 4.78 is 48.4. The molecule has 1 N–H and O–H groups in total. The number of carbonyl (C=O) groups excluding carboxylic acids is 1. The van der Waals surface area contributed by atoms with Crippen LogP contribution in [0.15, 0.2) is 60.7 Å². The molecule has 10 heteroatoms. The second-order valence-electron chi connectivity index (χ2n) is 7.85. The van der Waals surface area contributed by atoms with Crippen LogP contribution in [-0.2, 0) is 23.1 Å². The molecule has 1 aliphatic heterocycles. The highest BCUT2D eigenvalue weighted by molar-refractivity contribution is 7.92. The van der Waals surface area contributed by atoms with Crippen LogP contribution in [0.3, 0.4) is 0 Å². The second kappa shape index (κ2) is 10.1. The largest absolute Gasteiger partial charge is 0.493 e. The van der Waals surface area contributed by atoms with Gasteiger partial charge in [0.05, 0.1) is 38.3 Å². The summed E-state index contributed by atoms with van der Waals surface area (Å²) in [6.45, 7) is 0.390. The summed E-state index contributed by atoms with van der Waals surface area (Å²) in [5.74, 6) is 1.39. The van der Waals surface area contributed by atoms with Gasteiger partial charge < -0.3 is 24.3 Å². The Hall–Kier alpha value is -3.92. The standard InChI is InChI=1S/C25H26N2O7S/c1-31-22-12-19(25(28)26-14-18-9-10-21-24(11-18)34-16-33-21)20(13-23(22)32-2)27(35(3,29)30)15-17-7-5-4-6-8-17/h4-13H,14-16H2,1-3H3,(H,26,28). The number of anilines is 1. The highest BCUT2D eigenvalue weighted by Gasteiger charge is 2.26. The van der Waals surface area contributed by atoms with Crippen LogP contribution in [0.25, 0.3) is 0 Å². The maximum Gasteiger partial charge on any atom is 0.253 e. The lowest BCUT2D eigenvalue weighted by Gasteiger charge is -2.26. The lowest BCUT2D eigenvalue weighted by atomic mass is 10.1. The van der Waals surface area contributed by atoms with Crippen molar-refractivity contribution in [2.45, 2.75) is 13.1 Å². The number of nitrogens with one attached hydrogen (secondary N) is 1. The van der Waals surface area contributed by atoms with E-state index < -0.39 is 15.9 Å². The average molecular weight is 499 g/mol. The molecule has 4 rings (SSSR count). The highest BCUT2D eigenvalue weighted by atomic mass is 32.2. The number of fused-ring (bicyclic) bond motifs is 1. The zero-order chi connectivity index (χ0) is 25.0. The summed E-state index contributed by atoms with van der Waals surface area (Å²) in [5, 5.41) is 2.85. The van der Waals surface area contributed by atoms with Gasteiger partial charge in [0.25, 0.3) is 5.91 Å². The number of rotatable bonds is 9. The molecule has 0 aromatic heterocycles. The summed E-state index contributed by atoms with van der Waals surface area (Å²) in [6.07, 6.45) is 1.10. The normalized spacial score (nSPS) is 12.2. The Labute approximate surface area is 204 Å². The number of benzene rings is 3. The average Bonchev–Trinajstić information content (AvgIpc) is 3.33. The van der Waals surface area contributed by atoms with Crippen molar-refractivity contribution >= 4 is 21.6 Å². The van der Waals surface area contributed by atoms with E-state index in [1.54, 1.807) is 12.1 Å². The molecule has 35 heavy (non-hydrogen) atoms. The SMILES string of the molecule is COc1cc(C(=O)NCc2ccc3c(c2)OCO3)c(N(Cc2ccccc2)S(C)(=O)=O)cc1OC. The van der Waals surface area contributed by atoms with Gasteiger partial charge in [-0.15, -0.1) is 0 Å². The molecule has 0 fully saturated rings. The van der Waals surface area contributed by atoms with Gasteiger partial charge in [0.1, 0.15) is 0 Å². The van der Waals surface area contributed by atoms with Gasteiger partial charge in [0, 0.05) is 12.6 Å². The van der Waals surface area contributed by atoms with Gasteiger partial charge in [0.15, 0.2) is 23.0 Å². The highest BCUT2D eigenvalue weighted by Crippen LogP contribution is 2.37. The van der Waals surface area contributed by atoms with Crippen molar-refractivity contribution in [1.29, 1.82) is 0 Å².